The van der Waals surface area contributed by atoms with Crippen LogP contribution in [0.3, 0.4) is 0 Å². The molecule has 2 N–H and O–H groups in total. The van der Waals surface area contributed by atoms with E-state index in [4.69, 9.17) is 0 Å². The zero-order chi connectivity index (χ0) is 21.1. The summed E-state index contributed by atoms with van der Waals surface area (Å²) < 4.78 is 14.8. The van der Waals surface area contributed by atoms with Crippen molar-refractivity contribution in [2.24, 2.45) is 0 Å². The van der Waals surface area contributed by atoms with Crippen LogP contribution in [0.1, 0.15) is 18.0 Å². The molecule has 0 aromatic heterocycles. The number of carboxylic acids is 1. The maximum absolute atomic E-state index is 14.8. The lowest BCUT2D eigenvalue weighted by Crippen LogP contribution is -2.31. The number of halogens is 1. The number of carbonyl (C=O) groups excluding carboxylic acids is 1. The van der Waals surface area contributed by atoms with E-state index in [0.717, 1.165) is 0 Å². The molecule has 1 aliphatic rings. The van der Waals surface area contributed by atoms with E-state index in [1.807, 2.05) is 24.3 Å². The van der Waals surface area contributed by atoms with Gasteiger partial charge in [0.05, 0.1) is 12.5 Å². The van der Waals surface area contributed by atoms with Crippen LogP contribution in [0.15, 0.2) is 96.2 Å². The maximum atomic E-state index is 14.8. The fraction of sp³-hybridized carbons (Fsp3) is 0.0833. The molecule has 1 aliphatic heterocycles. The predicted molar refractivity (Wildman–Crippen MR) is 112 cm³/mol. The second-order valence-corrected chi connectivity index (χ2v) is 6.90. The molecule has 1 atom stereocenters. The van der Waals surface area contributed by atoms with Crippen LogP contribution in [0.4, 0.5) is 15.8 Å². The number of para-hydroxylation sites is 2. The third-order valence-electron chi connectivity index (χ3n) is 4.96. The maximum Gasteiger partial charge on any atom is 0.307 e. The van der Waals surface area contributed by atoms with Crippen LogP contribution in [0.5, 0.6) is 0 Å². The molecule has 3 aromatic carbocycles. The van der Waals surface area contributed by atoms with Crippen LogP contribution >= 0.6 is 0 Å². The molecule has 0 saturated heterocycles. The molecule has 0 fully saturated rings. The predicted octanol–water partition coefficient (Wildman–Crippen LogP) is 4.75. The van der Waals surface area contributed by atoms with Gasteiger partial charge < -0.3 is 10.4 Å². The highest BCUT2D eigenvalue weighted by Gasteiger charge is 2.42. The van der Waals surface area contributed by atoms with Gasteiger partial charge in [-0.2, -0.15) is 0 Å². The summed E-state index contributed by atoms with van der Waals surface area (Å²) in [5.74, 6) is -2.00. The highest BCUT2D eigenvalue weighted by molar-refractivity contribution is 6.12. The fourth-order valence-electron chi connectivity index (χ4n) is 3.69. The van der Waals surface area contributed by atoms with E-state index in [1.54, 1.807) is 54.6 Å². The van der Waals surface area contributed by atoms with Crippen molar-refractivity contribution in [2.45, 2.75) is 12.5 Å². The quantitative estimate of drug-likeness (QED) is 0.624. The molecule has 150 valence electrons. The lowest BCUT2D eigenvalue weighted by Gasteiger charge is -2.27. The van der Waals surface area contributed by atoms with Crippen molar-refractivity contribution < 1.29 is 19.1 Å². The summed E-state index contributed by atoms with van der Waals surface area (Å²) in [6.07, 6.45) is -0.400. The van der Waals surface area contributed by atoms with Crippen molar-refractivity contribution >= 4 is 23.3 Å². The van der Waals surface area contributed by atoms with Gasteiger partial charge >= 0.3 is 5.97 Å². The van der Waals surface area contributed by atoms with Crippen LogP contribution in [0.2, 0.25) is 0 Å². The van der Waals surface area contributed by atoms with E-state index in [-0.39, 0.29) is 11.3 Å². The largest absolute Gasteiger partial charge is 0.481 e. The van der Waals surface area contributed by atoms with Crippen LogP contribution in [0.25, 0.3) is 0 Å². The van der Waals surface area contributed by atoms with E-state index in [0.29, 0.717) is 16.9 Å². The number of nitrogens with zero attached hydrogens (tertiary/aromatic N) is 1. The first-order valence-electron chi connectivity index (χ1n) is 9.46. The minimum absolute atomic E-state index is 0.153. The summed E-state index contributed by atoms with van der Waals surface area (Å²) in [7, 11) is 0. The van der Waals surface area contributed by atoms with Crippen molar-refractivity contribution in [1.29, 1.82) is 0 Å². The lowest BCUT2D eigenvalue weighted by atomic mass is 9.95. The Labute approximate surface area is 173 Å². The molecule has 0 radical (unpaired) electrons. The van der Waals surface area contributed by atoms with Gasteiger partial charge in [0.1, 0.15) is 11.5 Å². The van der Waals surface area contributed by atoms with Crippen LogP contribution in [-0.2, 0) is 9.59 Å². The number of carboxylic acid groups (broad SMARTS) is 1. The third kappa shape index (κ3) is 3.67. The Hall–Kier alpha value is -3.93. The number of benzene rings is 3. The standard InChI is InChI=1S/C24H19FN2O3/c25-20-14-8-7-13-18(20)23-19(15-21(28)29)22(26-16-9-3-1-4-10-16)24(30)27(23)17-11-5-2-6-12-17/h1-14,23,26H,15H2,(H,28,29). The minimum atomic E-state index is -1.10. The van der Waals surface area contributed by atoms with Crippen molar-refractivity contribution in [1.82, 2.24) is 0 Å². The SMILES string of the molecule is O=C(O)CC1=C(Nc2ccccc2)C(=O)N(c2ccccc2)C1c1ccccc1F. The number of carbonyl (C=O) groups is 2. The normalized spacial score (nSPS) is 16.1. The van der Waals surface area contributed by atoms with Gasteiger partial charge in [0.25, 0.3) is 5.91 Å². The molecular formula is C24H19FN2O3. The van der Waals surface area contributed by atoms with Gasteiger partial charge in [0.15, 0.2) is 0 Å². The van der Waals surface area contributed by atoms with Crippen molar-refractivity contribution in [2.75, 3.05) is 10.2 Å². The van der Waals surface area contributed by atoms with E-state index >= 15 is 0 Å². The van der Waals surface area contributed by atoms with Gasteiger partial charge in [-0.25, -0.2) is 4.39 Å². The summed E-state index contributed by atoms with van der Waals surface area (Å²) in [6.45, 7) is 0. The van der Waals surface area contributed by atoms with E-state index in [2.05, 4.69) is 5.32 Å². The summed E-state index contributed by atoms with van der Waals surface area (Å²) in [6, 6.07) is 23.1. The average Bonchev–Trinajstić information content (AvgIpc) is 3.01. The first-order valence-corrected chi connectivity index (χ1v) is 9.46. The molecule has 0 bridgehead atoms. The van der Waals surface area contributed by atoms with Gasteiger partial charge in [-0.15, -0.1) is 0 Å². The molecule has 5 nitrogen and oxygen atoms in total. The number of rotatable bonds is 6. The first kappa shape index (κ1) is 19.4. The fourth-order valence-corrected chi connectivity index (χ4v) is 3.69. The molecule has 30 heavy (non-hydrogen) atoms. The summed E-state index contributed by atoms with van der Waals surface area (Å²) >= 11 is 0. The summed E-state index contributed by atoms with van der Waals surface area (Å²) in [5, 5.41) is 12.6. The van der Waals surface area contributed by atoms with Gasteiger partial charge in [-0.05, 0) is 35.9 Å². The lowest BCUT2D eigenvalue weighted by molar-refractivity contribution is -0.136. The highest BCUT2D eigenvalue weighted by atomic mass is 19.1. The molecule has 0 spiro atoms. The summed E-state index contributed by atoms with van der Waals surface area (Å²) in [5.41, 5.74) is 1.91. The van der Waals surface area contributed by atoms with Gasteiger partial charge in [-0.3, -0.25) is 14.5 Å². The second-order valence-electron chi connectivity index (χ2n) is 6.90. The first-order chi connectivity index (χ1) is 14.6. The van der Waals surface area contributed by atoms with Crippen LogP contribution in [-0.4, -0.2) is 17.0 Å². The number of nitrogens with one attached hydrogen (secondary N) is 1. The zero-order valence-corrected chi connectivity index (χ0v) is 16.0. The Morgan fingerprint density at radius 1 is 0.933 bits per heavy atom. The van der Waals surface area contributed by atoms with Crippen molar-refractivity contribution in [3.63, 3.8) is 0 Å². The monoisotopic (exact) mass is 402 g/mol. The number of anilines is 2. The van der Waals surface area contributed by atoms with E-state index < -0.39 is 30.2 Å². The number of aliphatic carboxylic acids is 1. The molecule has 1 amide bonds. The number of amides is 1. The van der Waals surface area contributed by atoms with Crippen molar-refractivity contribution in [3.8, 4) is 0 Å². The van der Waals surface area contributed by atoms with Crippen LogP contribution < -0.4 is 10.2 Å². The molecule has 3 aromatic rings. The Morgan fingerprint density at radius 2 is 1.53 bits per heavy atom. The van der Waals surface area contributed by atoms with Gasteiger partial charge in [-0.1, -0.05) is 54.6 Å². The second kappa shape index (κ2) is 8.21. The molecule has 6 heteroatoms. The van der Waals surface area contributed by atoms with Crippen LogP contribution in [0, 0.1) is 5.82 Å². The smallest absolute Gasteiger partial charge is 0.307 e. The number of hydrogen-bond acceptors (Lipinski definition) is 3. The molecule has 0 aliphatic carbocycles. The molecule has 1 unspecified atom stereocenters. The van der Waals surface area contributed by atoms with Gasteiger partial charge in [0, 0.05) is 16.9 Å². The van der Waals surface area contributed by atoms with E-state index in [1.165, 1.54) is 11.0 Å². The topological polar surface area (TPSA) is 69.6 Å². The zero-order valence-electron chi connectivity index (χ0n) is 16.0. The molecular weight excluding hydrogens is 383 g/mol. The number of hydrogen-bond donors (Lipinski definition) is 2. The molecule has 4 rings (SSSR count). The average molecular weight is 402 g/mol. The Morgan fingerprint density at radius 3 is 2.17 bits per heavy atom. The van der Waals surface area contributed by atoms with Gasteiger partial charge in [0.2, 0.25) is 0 Å². The Kier molecular flexibility index (Phi) is 5.30. The molecule has 1 heterocycles. The van der Waals surface area contributed by atoms with E-state index in [9.17, 15) is 19.1 Å². The molecule has 0 saturated carbocycles. The van der Waals surface area contributed by atoms with Crippen molar-refractivity contribution in [3.05, 3.63) is 108 Å². The highest BCUT2D eigenvalue weighted by Crippen LogP contribution is 2.43. The summed E-state index contributed by atoms with van der Waals surface area (Å²) in [4.78, 5) is 26.6. The Balaban J connectivity index is 1.90. The Bertz CT molecular complexity index is 1110. The minimum Gasteiger partial charge on any atom is -0.481 e. The third-order valence-corrected chi connectivity index (χ3v) is 4.96.